The van der Waals surface area contributed by atoms with E-state index < -0.39 is 10.9 Å². The van der Waals surface area contributed by atoms with E-state index in [9.17, 15) is 14.9 Å². The van der Waals surface area contributed by atoms with Crippen molar-refractivity contribution in [3.63, 3.8) is 0 Å². The van der Waals surface area contributed by atoms with Gasteiger partial charge in [-0.1, -0.05) is 0 Å². The molecule has 0 radical (unpaired) electrons. The summed E-state index contributed by atoms with van der Waals surface area (Å²) >= 11 is 0. The van der Waals surface area contributed by atoms with E-state index in [0.29, 0.717) is 11.6 Å². The summed E-state index contributed by atoms with van der Waals surface area (Å²) in [6.07, 6.45) is 0. The van der Waals surface area contributed by atoms with Gasteiger partial charge in [0.1, 0.15) is 11.6 Å². The maximum Gasteiger partial charge on any atom is 0.354 e. The Balaban J connectivity index is 2.71. The van der Waals surface area contributed by atoms with Crippen LogP contribution < -0.4 is 0 Å². The van der Waals surface area contributed by atoms with Crippen LogP contribution >= 0.6 is 0 Å². The molecule has 0 spiro atoms. The number of pyridine rings is 1. The molecule has 0 saturated heterocycles. The van der Waals surface area contributed by atoms with Crippen LogP contribution in [-0.4, -0.2) is 35.7 Å². The molecule has 9 heteroatoms. The van der Waals surface area contributed by atoms with E-state index in [1.54, 1.807) is 13.8 Å². The summed E-state index contributed by atoms with van der Waals surface area (Å²) < 4.78 is 1.15. The van der Waals surface area contributed by atoms with E-state index in [1.165, 1.54) is 0 Å². The zero-order valence-electron chi connectivity index (χ0n) is 10.1. The van der Waals surface area contributed by atoms with Crippen LogP contribution in [0.25, 0.3) is 5.82 Å². The highest BCUT2D eigenvalue weighted by Gasteiger charge is 2.22. The Morgan fingerprint density at radius 3 is 2.53 bits per heavy atom. The van der Waals surface area contributed by atoms with Crippen molar-refractivity contribution >= 4 is 11.7 Å². The van der Waals surface area contributed by atoms with Crippen molar-refractivity contribution in [1.82, 2.24) is 19.7 Å². The Labute approximate surface area is 106 Å². The molecule has 0 atom stereocenters. The highest BCUT2D eigenvalue weighted by atomic mass is 16.6. The lowest BCUT2D eigenvalue weighted by Crippen LogP contribution is -2.10. The van der Waals surface area contributed by atoms with Gasteiger partial charge in [-0.2, -0.15) is 4.68 Å². The lowest BCUT2D eigenvalue weighted by Gasteiger charge is -2.04. The molecule has 0 aromatic carbocycles. The van der Waals surface area contributed by atoms with Crippen molar-refractivity contribution in [2.75, 3.05) is 0 Å². The quantitative estimate of drug-likeness (QED) is 0.643. The van der Waals surface area contributed by atoms with Gasteiger partial charge in [0, 0.05) is 6.07 Å². The predicted octanol–water partition coefficient (Wildman–Crippen LogP) is 0.886. The monoisotopic (exact) mass is 263 g/mol. The molecule has 2 aromatic heterocycles. The van der Waals surface area contributed by atoms with Crippen molar-refractivity contribution < 1.29 is 14.8 Å². The number of nitrogens with zero attached hydrogens (tertiary/aromatic N) is 5. The summed E-state index contributed by atoms with van der Waals surface area (Å²) in [5.74, 6) is -0.640. The number of aromatic nitrogens is 4. The third kappa shape index (κ3) is 2.25. The topological polar surface area (TPSA) is 124 Å². The van der Waals surface area contributed by atoms with Gasteiger partial charge in [0.15, 0.2) is 5.69 Å². The number of aryl methyl sites for hydroxylation is 2. The van der Waals surface area contributed by atoms with Crippen LogP contribution in [0.2, 0.25) is 0 Å². The number of hydrogen-bond donors (Lipinski definition) is 1. The normalized spacial score (nSPS) is 10.4. The van der Waals surface area contributed by atoms with E-state index in [-0.39, 0.29) is 17.2 Å². The second-order valence-corrected chi connectivity index (χ2v) is 3.72. The molecular weight excluding hydrogens is 254 g/mol. The first-order valence-electron chi connectivity index (χ1n) is 5.19. The molecule has 0 amide bonds. The molecule has 19 heavy (non-hydrogen) atoms. The number of rotatable bonds is 3. The first kappa shape index (κ1) is 12.6. The Morgan fingerprint density at radius 2 is 2.05 bits per heavy atom. The second kappa shape index (κ2) is 4.44. The van der Waals surface area contributed by atoms with Crippen LogP contribution in [0.3, 0.4) is 0 Å². The molecule has 2 heterocycles. The van der Waals surface area contributed by atoms with E-state index in [0.717, 1.165) is 16.8 Å². The number of carbonyl (C=O) groups is 1. The Kier molecular flexibility index (Phi) is 2.95. The van der Waals surface area contributed by atoms with Gasteiger partial charge in [0.2, 0.25) is 5.82 Å². The molecule has 0 aliphatic carbocycles. The van der Waals surface area contributed by atoms with Crippen molar-refractivity contribution in [3.8, 4) is 5.82 Å². The Morgan fingerprint density at radius 1 is 1.37 bits per heavy atom. The van der Waals surface area contributed by atoms with Crippen LogP contribution in [0.15, 0.2) is 12.1 Å². The van der Waals surface area contributed by atoms with Gasteiger partial charge in [-0.05, 0) is 19.9 Å². The van der Waals surface area contributed by atoms with Crippen LogP contribution in [0, 0.1) is 24.0 Å². The van der Waals surface area contributed by atoms with Crippen LogP contribution in [-0.2, 0) is 0 Å². The van der Waals surface area contributed by atoms with Gasteiger partial charge in [-0.25, -0.2) is 14.8 Å². The molecular formula is C10H9N5O4. The minimum absolute atomic E-state index is 0.164. The molecule has 0 bridgehead atoms. The molecule has 9 nitrogen and oxygen atoms in total. The molecule has 98 valence electrons. The zero-order chi connectivity index (χ0) is 14.2. The summed E-state index contributed by atoms with van der Waals surface area (Å²) in [5, 5.41) is 23.8. The average molecular weight is 263 g/mol. The van der Waals surface area contributed by atoms with Crippen LogP contribution in [0.4, 0.5) is 5.69 Å². The number of nitro groups is 1. The van der Waals surface area contributed by atoms with E-state index >= 15 is 0 Å². The molecule has 2 rings (SSSR count). The molecule has 1 N–H and O–H groups in total. The SMILES string of the molecule is Cc1nc(C)n(-c2nc(C(=O)O)ccc2[N+](=O)[O-])n1. The van der Waals surface area contributed by atoms with Gasteiger partial charge >= 0.3 is 11.7 Å². The van der Waals surface area contributed by atoms with Crippen molar-refractivity contribution in [2.45, 2.75) is 13.8 Å². The number of hydrogen-bond acceptors (Lipinski definition) is 6. The fourth-order valence-electron chi connectivity index (χ4n) is 1.58. The van der Waals surface area contributed by atoms with Gasteiger partial charge in [0.25, 0.3) is 0 Å². The molecule has 0 aliphatic heterocycles. The fraction of sp³-hybridized carbons (Fsp3) is 0.200. The summed E-state index contributed by atoms with van der Waals surface area (Å²) in [6.45, 7) is 3.22. The molecule has 2 aromatic rings. The number of aromatic carboxylic acids is 1. The summed E-state index contributed by atoms with van der Waals surface area (Å²) in [5.41, 5.74) is -0.633. The Hall–Kier alpha value is -2.84. The maximum absolute atomic E-state index is 11.0. The minimum Gasteiger partial charge on any atom is -0.477 e. The van der Waals surface area contributed by atoms with Crippen molar-refractivity contribution in [1.29, 1.82) is 0 Å². The molecule has 0 saturated carbocycles. The fourth-order valence-corrected chi connectivity index (χ4v) is 1.58. The first-order chi connectivity index (χ1) is 8.90. The summed E-state index contributed by atoms with van der Waals surface area (Å²) in [7, 11) is 0. The van der Waals surface area contributed by atoms with Gasteiger partial charge in [0.05, 0.1) is 4.92 Å². The third-order valence-electron chi connectivity index (χ3n) is 2.35. The minimum atomic E-state index is -1.27. The highest BCUT2D eigenvalue weighted by Crippen LogP contribution is 2.21. The summed E-state index contributed by atoms with van der Waals surface area (Å²) in [4.78, 5) is 28.9. The maximum atomic E-state index is 11.0. The first-order valence-corrected chi connectivity index (χ1v) is 5.19. The van der Waals surface area contributed by atoms with Crippen molar-refractivity contribution in [2.24, 2.45) is 0 Å². The Bertz CT molecular complexity index is 679. The molecule has 0 fully saturated rings. The van der Waals surface area contributed by atoms with Crippen LogP contribution in [0.5, 0.6) is 0 Å². The standard InChI is InChI=1S/C10H9N5O4/c1-5-11-6(2)14(13-5)9-8(15(18)19)4-3-7(12-9)10(16)17/h3-4H,1-2H3,(H,16,17). The summed E-state index contributed by atoms with van der Waals surface area (Å²) in [6, 6.07) is 2.16. The van der Waals surface area contributed by atoms with Crippen LogP contribution in [0.1, 0.15) is 22.1 Å². The molecule has 0 aliphatic rings. The van der Waals surface area contributed by atoms with E-state index in [2.05, 4.69) is 15.1 Å². The molecule has 0 unspecified atom stereocenters. The number of carboxylic acid groups (broad SMARTS) is 1. The largest absolute Gasteiger partial charge is 0.477 e. The van der Waals surface area contributed by atoms with Crippen molar-refractivity contribution in [3.05, 3.63) is 39.6 Å². The number of carboxylic acids is 1. The predicted molar refractivity (Wildman–Crippen MR) is 62.2 cm³/mol. The van der Waals surface area contributed by atoms with Gasteiger partial charge in [-0.15, -0.1) is 5.10 Å². The van der Waals surface area contributed by atoms with E-state index in [1.807, 2.05) is 0 Å². The third-order valence-corrected chi connectivity index (χ3v) is 2.35. The van der Waals surface area contributed by atoms with Gasteiger partial charge < -0.3 is 5.11 Å². The van der Waals surface area contributed by atoms with Gasteiger partial charge in [-0.3, -0.25) is 10.1 Å². The lowest BCUT2D eigenvalue weighted by molar-refractivity contribution is -0.385. The highest BCUT2D eigenvalue weighted by molar-refractivity contribution is 5.86. The smallest absolute Gasteiger partial charge is 0.354 e. The zero-order valence-corrected chi connectivity index (χ0v) is 10.1. The lowest BCUT2D eigenvalue weighted by atomic mass is 10.3. The van der Waals surface area contributed by atoms with E-state index in [4.69, 9.17) is 5.11 Å². The second-order valence-electron chi connectivity index (χ2n) is 3.72. The average Bonchev–Trinajstić information content (AvgIpc) is 2.67.